The molecule has 3 heterocycles. The molecule has 0 saturated carbocycles. The SMILES string of the molecule is Cc1ccc(Cn2c(=O)c3ncccc3n(CC(=O)Nc3nnc(C)s3)c2=O)cc1. The number of nitrogens with zero attached hydrogens (tertiary/aromatic N) is 5. The molecule has 1 N–H and O–H groups in total. The number of nitrogens with one attached hydrogen (secondary N) is 1. The van der Waals surface area contributed by atoms with Gasteiger partial charge >= 0.3 is 5.69 Å². The molecular formula is C20H18N6O3S. The van der Waals surface area contributed by atoms with Gasteiger partial charge in [0.25, 0.3) is 5.56 Å². The maximum absolute atomic E-state index is 13.2. The Kier molecular flexibility index (Phi) is 5.23. The van der Waals surface area contributed by atoms with Crippen molar-refractivity contribution in [2.45, 2.75) is 26.9 Å². The van der Waals surface area contributed by atoms with Crippen LogP contribution in [0.3, 0.4) is 0 Å². The van der Waals surface area contributed by atoms with Crippen LogP contribution >= 0.6 is 11.3 Å². The van der Waals surface area contributed by atoms with Crippen LogP contribution in [0, 0.1) is 13.8 Å². The number of hydrogen-bond acceptors (Lipinski definition) is 7. The monoisotopic (exact) mass is 422 g/mol. The third kappa shape index (κ3) is 3.90. The van der Waals surface area contributed by atoms with Crippen molar-refractivity contribution in [3.63, 3.8) is 0 Å². The molecule has 0 aliphatic carbocycles. The van der Waals surface area contributed by atoms with Gasteiger partial charge in [-0.2, -0.15) is 0 Å². The van der Waals surface area contributed by atoms with Crippen LogP contribution in [0.1, 0.15) is 16.1 Å². The molecule has 0 fully saturated rings. The van der Waals surface area contributed by atoms with Gasteiger partial charge in [0, 0.05) is 6.20 Å². The molecule has 10 heteroatoms. The lowest BCUT2D eigenvalue weighted by Gasteiger charge is -2.13. The van der Waals surface area contributed by atoms with Crippen LogP contribution in [0.4, 0.5) is 5.13 Å². The molecule has 152 valence electrons. The third-order valence-corrected chi connectivity index (χ3v) is 5.28. The van der Waals surface area contributed by atoms with Crippen LogP contribution in [0.2, 0.25) is 0 Å². The summed E-state index contributed by atoms with van der Waals surface area (Å²) in [5.74, 6) is -0.445. The van der Waals surface area contributed by atoms with E-state index in [1.54, 1.807) is 19.1 Å². The summed E-state index contributed by atoms with van der Waals surface area (Å²) in [5.41, 5.74) is 1.24. The summed E-state index contributed by atoms with van der Waals surface area (Å²) in [6, 6.07) is 10.8. The van der Waals surface area contributed by atoms with Crippen LogP contribution in [0.15, 0.2) is 52.2 Å². The average Bonchev–Trinajstić information content (AvgIpc) is 3.14. The zero-order valence-electron chi connectivity index (χ0n) is 16.3. The van der Waals surface area contributed by atoms with Gasteiger partial charge in [-0.25, -0.2) is 9.78 Å². The van der Waals surface area contributed by atoms with Gasteiger partial charge in [0.15, 0.2) is 5.52 Å². The van der Waals surface area contributed by atoms with Crippen molar-refractivity contribution in [2.24, 2.45) is 0 Å². The minimum Gasteiger partial charge on any atom is -0.299 e. The predicted molar refractivity (Wildman–Crippen MR) is 114 cm³/mol. The normalized spacial score (nSPS) is 11.0. The molecule has 4 aromatic rings. The van der Waals surface area contributed by atoms with E-state index in [4.69, 9.17) is 0 Å². The van der Waals surface area contributed by atoms with E-state index in [0.717, 1.165) is 15.7 Å². The number of pyridine rings is 1. The summed E-state index contributed by atoms with van der Waals surface area (Å²) < 4.78 is 2.35. The van der Waals surface area contributed by atoms with Crippen molar-refractivity contribution in [3.8, 4) is 0 Å². The Hall–Kier alpha value is -3.66. The smallest absolute Gasteiger partial charge is 0.299 e. The standard InChI is InChI=1S/C20H18N6O3S/c1-12-5-7-14(8-6-12)10-26-18(28)17-15(4-3-9-21-17)25(20(26)29)11-16(27)22-19-24-23-13(2)30-19/h3-9H,10-11H2,1-2H3,(H,22,24,27). The minimum atomic E-state index is -0.579. The van der Waals surface area contributed by atoms with Crippen molar-refractivity contribution in [1.82, 2.24) is 24.3 Å². The zero-order chi connectivity index (χ0) is 21.3. The van der Waals surface area contributed by atoms with Crippen molar-refractivity contribution >= 4 is 33.4 Å². The number of benzene rings is 1. The summed E-state index contributed by atoms with van der Waals surface area (Å²) in [6.07, 6.45) is 1.48. The molecule has 0 saturated heterocycles. The van der Waals surface area contributed by atoms with Gasteiger partial charge in [0.2, 0.25) is 11.0 Å². The molecule has 0 bridgehead atoms. The van der Waals surface area contributed by atoms with E-state index >= 15 is 0 Å². The second-order valence-corrected chi connectivity index (χ2v) is 7.97. The Bertz CT molecular complexity index is 1350. The van der Waals surface area contributed by atoms with Gasteiger partial charge in [-0.3, -0.25) is 24.0 Å². The van der Waals surface area contributed by atoms with Crippen LogP contribution in [0.5, 0.6) is 0 Å². The summed E-state index contributed by atoms with van der Waals surface area (Å²) in [6.45, 7) is 3.54. The first-order chi connectivity index (χ1) is 14.4. The molecule has 4 rings (SSSR count). The van der Waals surface area contributed by atoms with E-state index in [9.17, 15) is 14.4 Å². The van der Waals surface area contributed by atoms with Crippen molar-refractivity contribution in [1.29, 1.82) is 0 Å². The lowest BCUT2D eigenvalue weighted by atomic mass is 10.1. The van der Waals surface area contributed by atoms with Gasteiger partial charge in [-0.05, 0) is 31.5 Å². The predicted octanol–water partition coefficient (Wildman–Crippen LogP) is 1.71. The number of rotatable bonds is 5. The van der Waals surface area contributed by atoms with E-state index in [0.29, 0.717) is 15.7 Å². The third-order valence-electron chi connectivity index (χ3n) is 4.52. The Morgan fingerprint density at radius 1 is 1.07 bits per heavy atom. The number of aromatic nitrogens is 5. The first kappa shape index (κ1) is 19.6. The molecule has 0 radical (unpaired) electrons. The molecule has 3 aromatic heterocycles. The minimum absolute atomic E-state index is 0.0850. The molecule has 1 amide bonds. The van der Waals surface area contributed by atoms with Gasteiger partial charge in [-0.15, -0.1) is 10.2 Å². The Morgan fingerprint density at radius 3 is 2.53 bits per heavy atom. The maximum Gasteiger partial charge on any atom is 0.332 e. The molecule has 0 spiro atoms. The van der Waals surface area contributed by atoms with Crippen molar-refractivity contribution < 1.29 is 4.79 Å². The largest absolute Gasteiger partial charge is 0.332 e. The molecule has 1 aromatic carbocycles. The van der Waals surface area contributed by atoms with E-state index in [-0.39, 0.29) is 18.6 Å². The van der Waals surface area contributed by atoms with E-state index in [1.807, 2.05) is 31.2 Å². The Labute approximate surface area is 174 Å². The average molecular weight is 422 g/mol. The number of aryl methyl sites for hydroxylation is 2. The number of amides is 1. The summed E-state index contributed by atoms with van der Waals surface area (Å²) in [4.78, 5) is 42.8. The van der Waals surface area contributed by atoms with Gasteiger partial charge in [0.05, 0.1) is 12.1 Å². The number of fused-ring (bicyclic) bond motifs is 1. The number of carbonyl (C=O) groups is 1. The van der Waals surface area contributed by atoms with E-state index in [1.165, 1.54) is 22.1 Å². The Morgan fingerprint density at radius 2 is 1.83 bits per heavy atom. The fraction of sp³-hybridized carbons (Fsp3) is 0.200. The summed E-state index contributed by atoms with van der Waals surface area (Å²) in [5, 5.41) is 11.4. The molecule has 0 unspecified atom stereocenters. The second-order valence-electron chi connectivity index (χ2n) is 6.79. The van der Waals surface area contributed by atoms with Crippen LogP contribution in [-0.2, 0) is 17.9 Å². The molecule has 0 atom stereocenters. The molecule has 30 heavy (non-hydrogen) atoms. The first-order valence-corrected chi connectivity index (χ1v) is 9.98. The number of hydrogen-bond donors (Lipinski definition) is 1. The lowest BCUT2D eigenvalue weighted by molar-refractivity contribution is -0.116. The second kappa shape index (κ2) is 7.99. The molecule has 0 aliphatic rings. The quantitative estimate of drug-likeness (QED) is 0.524. The highest BCUT2D eigenvalue weighted by molar-refractivity contribution is 7.15. The van der Waals surface area contributed by atoms with Crippen LogP contribution in [-0.4, -0.2) is 30.2 Å². The van der Waals surface area contributed by atoms with E-state index in [2.05, 4.69) is 20.5 Å². The topological polar surface area (TPSA) is 112 Å². The van der Waals surface area contributed by atoms with Gasteiger partial charge < -0.3 is 0 Å². The van der Waals surface area contributed by atoms with Crippen LogP contribution < -0.4 is 16.6 Å². The van der Waals surface area contributed by atoms with Crippen LogP contribution in [0.25, 0.3) is 11.0 Å². The molecular weight excluding hydrogens is 404 g/mol. The highest BCUT2D eigenvalue weighted by Crippen LogP contribution is 2.14. The number of anilines is 1. The lowest BCUT2D eigenvalue weighted by Crippen LogP contribution is -2.42. The van der Waals surface area contributed by atoms with Crippen molar-refractivity contribution in [3.05, 3.63) is 79.6 Å². The highest BCUT2D eigenvalue weighted by Gasteiger charge is 2.17. The first-order valence-electron chi connectivity index (χ1n) is 9.16. The Balaban J connectivity index is 1.76. The highest BCUT2D eigenvalue weighted by atomic mass is 32.1. The fourth-order valence-corrected chi connectivity index (χ4v) is 3.67. The molecule has 0 aliphatic heterocycles. The summed E-state index contributed by atoms with van der Waals surface area (Å²) in [7, 11) is 0. The van der Waals surface area contributed by atoms with E-state index < -0.39 is 17.2 Å². The summed E-state index contributed by atoms with van der Waals surface area (Å²) >= 11 is 1.23. The fourth-order valence-electron chi connectivity index (χ4n) is 3.06. The number of carbonyl (C=O) groups excluding carboxylic acids is 1. The van der Waals surface area contributed by atoms with Crippen molar-refractivity contribution in [2.75, 3.05) is 5.32 Å². The van der Waals surface area contributed by atoms with Gasteiger partial charge in [-0.1, -0.05) is 41.2 Å². The van der Waals surface area contributed by atoms with Gasteiger partial charge in [0.1, 0.15) is 11.6 Å². The zero-order valence-corrected chi connectivity index (χ0v) is 17.1. The maximum atomic E-state index is 13.2. The molecule has 9 nitrogen and oxygen atoms in total.